The van der Waals surface area contributed by atoms with Crippen LogP contribution in [0.5, 0.6) is 0 Å². The Labute approximate surface area is 162 Å². The van der Waals surface area contributed by atoms with E-state index in [9.17, 15) is 10.2 Å². The molecule has 0 spiro atoms. The number of nitrogens with zero attached hydrogens (tertiary/aromatic N) is 1. The van der Waals surface area contributed by atoms with E-state index in [1.165, 1.54) is 36.8 Å². The van der Waals surface area contributed by atoms with Gasteiger partial charge in [0.1, 0.15) is 0 Å². The first kappa shape index (κ1) is 19.1. The summed E-state index contributed by atoms with van der Waals surface area (Å²) in [7, 11) is 2.12. The van der Waals surface area contributed by atoms with Crippen molar-refractivity contribution in [2.45, 2.75) is 19.0 Å². The topological polar surface area (TPSA) is 57.4 Å². The molecule has 0 fully saturated rings. The predicted octanol–water partition coefficient (Wildman–Crippen LogP) is 3.80. The number of nitrogens with one attached hydrogen (secondary N) is 1. The lowest BCUT2D eigenvalue weighted by atomic mass is 10.0. The molecule has 4 aromatic rings. The van der Waals surface area contributed by atoms with Crippen LogP contribution in [-0.2, 0) is 13.6 Å². The Balaban J connectivity index is 0.00000196. The fourth-order valence-corrected chi connectivity index (χ4v) is 4.74. The second-order valence-corrected chi connectivity index (χ2v) is 7.90. The van der Waals surface area contributed by atoms with Gasteiger partial charge in [0.2, 0.25) is 0 Å². The summed E-state index contributed by atoms with van der Waals surface area (Å²) in [6, 6.07) is 14.9. The Hall–Kier alpha value is -1.63. The summed E-state index contributed by atoms with van der Waals surface area (Å²) in [4.78, 5) is 0. The van der Waals surface area contributed by atoms with Crippen molar-refractivity contribution in [3.8, 4) is 0 Å². The van der Waals surface area contributed by atoms with Crippen LogP contribution in [0.15, 0.2) is 42.5 Å². The van der Waals surface area contributed by atoms with Crippen LogP contribution in [0.2, 0.25) is 0 Å². The normalized spacial score (nSPS) is 12.2. The molecule has 0 aliphatic carbocycles. The van der Waals surface area contributed by atoms with Crippen LogP contribution in [0.3, 0.4) is 0 Å². The van der Waals surface area contributed by atoms with Crippen molar-refractivity contribution in [3.05, 3.63) is 48.0 Å². The SMILES string of the molecule is Cl.Cn1c2ccccc2c2sc3c(CNC(C)(CO)CO)cccc3c21. The number of rotatable bonds is 5. The summed E-state index contributed by atoms with van der Waals surface area (Å²) in [5.41, 5.74) is 3.04. The fourth-order valence-electron chi connectivity index (χ4n) is 3.37. The number of fused-ring (bicyclic) bond motifs is 5. The summed E-state index contributed by atoms with van der Waals surface area (Å²) in [5, 5.41) is 24.8. The van der Waals surface area contributed by atoms with E-state index >= 15 is 0 Å². The van der Waals surface area contributed by atoms with Crippen LogP contribution in [-0.4, -0.2) is 33.5 Å². The van der Waals surface area contributed by atoms with Crippen molar-refractivity contribution in [1.82, 2.24) is 9.88 Å². The third-order valence-corrected chi connectivity index (χ3v) is 6.32. The van der Waals surface area contributed by atoms with Gasteiger partial charge in [-0.2, -0.15) is 0 Å². The van der Waals surface area contributed by atoms with Crippen molar-refractivity contribution in [1.29, 1.82) is 0 Å². The summed E-state index contributed by atoms with van der Waals surface area (Å²) in [5.74, 6) is 0. The smallest absolute Gasteiger partial charge is 0.0678 e. The molecule has 6 heteroatoms. The molecular formula is C20H23ClN2O2S. The van der Waals surface area contributed by atoms with Crippen LogP contribution in [0.1, 0.15) is 12.5 Å². The average Bonchev–Trinajstić information content (AvgIpc) is 3.17. The number of hydrogen-bond donors (Lipinski definition) is 3. The molecule has 4 rings (SSSR count). The van der Waals surface area contributed by atoms with E-state index in [-0.39, 0.29) is 25.6 Å². The number of hydrogen-bond acceptors (Lipinski definition) is 4. The zero-order valence-electron chi connectivity index (χ0n) is 14.8. The van der Waals surface area contributed by atoms with Gasteiger partial charge in [-0.05, 0) is 18.6 Å². The van der Waals surface area contributed by atoms with E-state index in [1.54, 1.807) is 0 Å². The number of benzene rings is 2. The highest BCUT2D eigenvalue weighted by Gasteiger charge is 2.22. The van der Waals surface area contributed by atoms with Crippen LogP contribution in [0.25, 0.3) is 31.2 Å². The Kier molecular flexibility index (Phi) is 5.28. The minimum Gasteiger partial charge on any atom is -0.394 e. The van der Waals surface area contributed by atoms with Gasteiger partial charge in [-0.25, -0.2) is 0 Å². The highest BCUT2D eigenvalue weighted by molar-refractivity contribution is 7.26. The molecule has 0 amide bonds. The molecule has 0 saturated carbocycles. The average molecular weight is 391 g/mol. The lowest BCUT2D eigenvalue weighted by Crippen LogP contribution is -2.48. The Morgan fingerprint density at radius 3 is 2.42 bits per heavy atom. The largest absolute Gasteiger partial charge is 0.394 e. The lowest BCUT2D eigenvalue weighted by Gasteiger charge is -2.26. The Morgan fingerprint density at radius 1 is 1.00 bits per heavy atom. The van der Waals surface area contributed by atoms with E-state index in [1.807, 2.05) is 18.3 Å². The van der Waals surface area contributed by atoms with E-state index in [0.29, 0.717) is 6.54 Å². The second kappa shape index (κ2) is 7.18. The van der Waals surface area contributed by atoms with Gasteiger partial charge >= 0.3 is 0 Å². The molecule has 26 heavy (non-hydrogen) atoms. The number of aliphatic hydroxyl groups is 2. The summed E-state index contributed by atoms with van der Waals surface area (Å²) >= 11 is 1.82. The Bertz CT molecular complexity index is 1070. The standard InChI is InChI=1S/C20H22N2O2S.ClH/c1-20(11-23,12-24)21-10-13-6-5-8-15-17-19(25-18(13)15)14-7-3-4-9-16(14)22(17)2;/h3-9,21,23-24H,10-12H2,1-2H3;1H. The number of thiophene rings is 1. The van der Waals surface area contributed by atoms with Gasteiger partial charge < -0.3 is 20.1 Å². The molecule has 2 heterocycles. The minimum atomic E-state index is -0.675. The molecule has 0 radical (unpaired) electrons. The first-order chi connectivity index (χ1) is 12.1. The molecule has 138 valence electrons. The van der Waals surface area contributed by atoms with Gasteiger partial charge in [-0.1, -0.05) is 36.4 Å². The van der Waals surface area contributed by atoms with E-state index in [0.717, 1.165) is 0 Å². The van der Waals surface area contributed by atoms with Gasteiger partial charge in [0, 0.05) is 34.6 Å². The third kappa shape index (κ3) is 2.90. The monoisotopic (exact) mass is 390 g/mol. The van der Waals surface area contributed by atoms with Crippen LogP contribution >= 0.6 is 23.7 Å². The molecule has 0 unspecified atom stereocenters. The van der Waals surface area contributed by atoms with E-state index in [2.05, 4.69) is 59.4 Å². The molecule has 0 saturated heterocycles. The predicted molar refractivity (Wildman–Crippen MR) is 112 cm³/mol. The molecule has 2 aromatic heterocycles. The maximum absolute atomic E-state index is 9.49. The first-order valence-electron chi connectivity index (χ1n) is 8.42. The van der Waals surface area contributed by atoms with Gasteiger partial charge in [0.15, 0.2) is 0 Å². The number of aromatic nitrogens is 1. The summed E-state index contributed by atoms with van der Waals surface area (Å²) in [6.07, 6.45) is 0. The third-order valence-electron chi connectivity index (χ3n) is 5.02. The summed E-state index contributed by atoms with van der Waals surface area (Å²) < 4.78 is 4.85. The van der Waals surface area contributed by atoms with Gasteiger partial charge in [-0.3, -0.25) is 0 Å². The lowest BCUT2D eigenvalue weighted by molar-refractivity contribution is 0.103. The second-order valence-electron chi connectivity index (χ2n) is 6.88. The van der Waals surface area contributed by atoms with Crippen LogP contribution in [0.4, 0.5) is 0 Å². The number of aryl methyl sites for hydroxylation is 1. The van der Waals surface area contributed by atoms with Gasteiger partial charge in [-0.15, -0.1) is 23.7 Å². The van der Waals surface area contributed by atoms with Crippen LogP contribution in [0, 0.1) is 0 Å². The zero-order valence-corrected chi connectivity index (χ0v) is 16.5. The minimum absolute atomic E-state index is 0. The number of aliphatic hydroxyl groups excluding tert-OH is 2. The maximum atomic E-state index is 9.49. The van der Waals surface area contributed by atoms with Crippen molar-refractivity contribution in [2.75, 3.05) is 13.2 Å². The molecule has 4 nitrogen and oxygen atoms in total. The highest BCUT2D eigenvalue weighted by Crippen LogP contribution is 2.41. The highest BCUT2D eigenvalue weighted by atomic mass is 35.5. The van der Waals surface area contributed by atoms with Crippen molar-refractivity contribution < 1.29 is 10.2 Å². The molecule has 0 bridgehead atoms. The van der Waals surface area contributed by atoms with Gasteiger partial charge in [0.25, 0.3) is 0 Å². The Morgan fingerprint density at radius 2 is 1.69 bits per heavy atom. The molecule has 0 aliphatic rings. The van der Waals surface area contributed by atoms with E-state index in [4.69, 9.17) is 0 Å². The quantitative estimate of drug-likeness (QED) is 0.485. The first-order valence-corrected chi connectivity index (χ1v) is 9.24. The molecule has 0 aliphatic heterocycles. The molecule has 2 aromatic carbocycles. The molecule has 0 atom stereocenters. The molecular weight excluding hydrogens is 368 g/mol. The van der Waals surface area contributed by atoms with Crippen molar-refractivity contribution in [3.63, 3.8) is 0 Å². The number of halogens is 1. The fraction of sp³-hybridized carbons (Fsp3) is 0.300. The molecule has 3 N–H and O–H groups in total. The zero-order chi connectivity index (χ0) is 17.6. The van der Waals surface area contributed by atoms with Gasteiger partial charge in [0.05, 0.1) is 29.0 Å². The van der Waals surface area contributed by atoms with Crippen molar-refractivity contribution >= 4 is 54.9 Å². The summed E-state index contributed by atoms with van der Waals surface area (Å²) in [6.45, 7) is 2.23. The van der Waals surface area contributed by atoms with Crippen molar-refractivity contribution in [2.24, 2.45) is 7.05 Å². The maximum Gasteiger partial charge on any atom is 0.0678 e. The van der Waals surface area contributed by atoms with Crippen LogP contribution < -0.4 is 5.32 Å². The number of para-hydroxylation sites is 1. The van der Waals surface area contributed by atoms with E-state index < -0.39 is 5.54 Å².